The number of aromatic nitrogens is 1. The third kappa shape index (κ3) is 1.88. The number of ether oxygens (including phenoxy) is 1. The molecule has 0 saturated heterocycles. The highest BCUT2D eigenvalue weighted by Crippen LogP contribution is 2.28. The molecule has 0 N–H and O–H groups in total. The van der Waals surface area contributed by atoms with Crippen molar-refractivity contribution in [2.45, 2.75) is 25.4 Å². The standard InChI is InChI=1S/C10H9BrN2O/c11-7-4-10(9(5-12)13-6-7)14-8-2-1-3-8/h4,6,8H,1-3H2. The quantitative estimate of drug-likeness (QED) is 0.813. The maximum Gasteiger partial charge on any atom is 0.182 e. The summed E-state index contributed by atoms with van der Waals surface area (Å²) in [5.74, 6) is 0.589. The Labute approximate surface area is 90.8 Å². The van der Waals surface area contributed by atoms with Crippen molar-refractivity contribution >= 4 is 15.9 Å². The summed E-state index contributed by atoms with van der Waals surface area (Å²) in [6.07, 6.45) is 5.26. The second-order valence-corrected chi connectivity index (χ2v) is 4.20. The van der Waals surface area contributed by atoms with E-state index in [0.29, 0.717) is 11.4 Å². The average Bonchev–Trinajstić information content (AvgIpc) is 2.12. The molecular formula is C10H9BrN2O. The number of halogens is 1. The van der Waals surface area contributed by atoms with Gasteiger partial charge >= 0.3 is 0 Å². The van der Waals surface area contributed by atoms with Gasteiger partial charge in [0.15, 0.2) is 11.4 Å². The smallest absolute Gasteiger partial charge is 0.182 e. The molecule has 3 nitrogen and oxygen atoms in total. The third-order valence-electron chi connectivity index (χ3n) is 2.27. The Morgan fingerprint density at radius 3 is 2.93 bits per heavy atom. The van der Waals surface area contributed by atoms with E-state index in [2.05, 4.69) is 20.9 Å². The van der Waals surface area contributed by atoms with Crippen molar-refractivity contribution in [3.63, 3.8) is 0 Å². The summed E-state index contributed by atoms with van der Waals surface area (Å²) in [6, 6.07) is 3.81. The predicted molar refractivity (Wildman–Crippen MR) is 54.9 cm³/mol. The van der Waals surface area contributed by atoms with Crippen molar-refractivity contribution in [1.82, 2.24) is 4.98 Å². The monoisotopic (exact) mass is 252 g/mol. The van der Waals surface area contributed by atoms with Crippen LogP contribution in [-0.2, 0) is 0 Å². The van der Waals surface area contributed by atoms with Gasteiger partial charge in [0.1, 0.15) is 6.07 Å². The van der Waals surface area contributed by atoms with Gasteiger partial charge in [-0.25, -0.2) is 4.98 Å². The van der Waals surface area contributed by atoms with Crippen molar-refractivity contribution in [3.05, 3.63) is 22.4 Å². The van der Waals surface area contributed by atoms with Crippen LogP contribution in [0.2, 0.25) is 0 Å². The molecule has 0 bridgehead atoms. The molecule has 0 amide bonds. The van der Waals surface area contributed by atoms with Crippen LogP contribution in [0.15, 0.2) is 16.7 Å². The van der Waals surface area contributed by atoms with Crippen molar-refractivity contribution < 1.29 is 4.74 Å². The van der Waals surface area contributed by atoms with Crippen molar-refractivity contribution in [1.29, 1.82) is 5.26 Å². The molecule has 0 unspecified atom stereocenters. The summed E-state index contributed by atoms with van der Waals surface area (Å²) in [5, 5.41) is 8.81. The minimum Gasteiger partial charge on any atom is -0.487 e. The molecule has 1 aromatic rings. The Morgan fingerprint density at radius 2 is 2.36 bits per heavy atom. The van der Waals surface area contributed by atoms with Crippen LogP contribution in [0.3, 0.4) is 0 Å². The van der Waals surface area contributed by atoms with Gasteiger partial charge in [-0.3, -0.25) is 0 Å². The second-order valence-electron chi connectivity index (χ2n) is 3.28. The van der Waals surface area contributed by atoms with E-state index in [4.69, 9.17) is 10.00 Å². The number of nitriles is 1. The molecule has 0 radical (unpaired) electrons. The highest BCUT2D eigenvalue weighted by molar-refractivity contribution is 9.10. The lowest BCUT2D eigenvalue weighted by molar-refractivity contribution is 0.119. The Hall–Kier alpha value is -1.08. The zero-order valence-electron chi connectivity index (χ0n) is 7.53. The largest absolute Gasteiger partial charge is 0.487 e. The van der Waals surface area contributed by atoms with Gasteiger partial charge in [-0.05, 0) is 41.3 Å². The molecule has 1 heterocycles. The van der Waals surface area contributed by atoms with E-state index < -0.39 is 0 Å². The molecule has 0 atom stereocenters. The van der Waals surface area contributed by atoms with E-state index in [1.165, 1.54) is 6.42 Å². The maximum atomic E-state index is 8.81. The number of nitrogens with zero attached hydrogens (tertiary/aromatic N) is 2. The molecule has 1 aliphatic rings. The number of hydrogen-bond acceptors (Lipinski definition) is 3. The van der Waals surface area contributed by atoms with Gasteiger partial charge in [-0.2, -0.15) is 5.26 Å². The Balaban J connectivity index is 2.21. The first-order valence-corrected chi connectivity index (χ1v) is 5.31. The average molecular weight is 253 g/mol. The molecule has 0 aromatic carbocycles. The van der Waals surface area contributed by atoms with E-state index in [1.54, 1.807) is 12.3 Å². The molecule has 0 spiro atoms. The number of hydrogen-bond donors (Lipinski definition) is 0. The van der Waals surface area contributed by atoms with Crippen LogP contribution in [0.4, 0.5) is 0 Å². The molecule has 1 aliphatic carbocycles. The van der Waals surface area contributed by atoms with Gasteiger partial charge in [0, 0.05) is 10.7 Å². The number of pyridine rings is 1. The zero-order valence-corrected chi connectivity index (χ0v) is 9.12. The second kappa shape index (κ2) is 3.97. The molecule has 2 rings (SSSR count). The highest BCUT2D eigenvalue weighted by Gasteiger charge is 2.20. The lowest BCUT2D eigenvalue weighted by Crippen LogP contribution is -2.25. The van der Waals surface area contributed by atoms with Gasteiger partial charge in [-0.15, -0.1) is 0 Å². The number of rotatable bonds is 2. The van der Waals surface area contributed by atoms with Gasteiger partial charge in [0.2, 0.25) is 0 Å². The fourth-order valence-electron chi connectivity index (χ4n) is 1.26. The molecule has 0 aliphatic heterocycles. The Morgan fingerprint density at radius 1 is 1.57 bits per heavy atom. The zero-order chi connectivity index (χ0) is 9.97. The van der Waals surface area contributed by atoms with Crippen molar-refractivity contribution in [2.75, 3.05) is 0 Å². The van der Waals surface area contributed by atoms with Crippen LogP contribution in [0.5, 0.6) is 5.75 Å². The summed E-state index contributed by atoms with van der Waals surface area (Å²) < 4.78 is 6.48. The fraction of sp³-hybridized carbons (Fsp3) is 0.400. The van der Waals surface area contributed by atoms with E-state index in [1.807, 2.05) is 6.07 Å². The molecule has 1 fully saturated rings. The van der Waals surface area contributed by atoms with E-state index >= 15 is 0 Å². The van der Waals surface area contributed by atoms with Crippen LogP contribution in [0.25, 0.3) is 0 Å². The molecular weight excluding hydrogens is 244 g/mol. The van der Waals surface area contributed by atoms with E-state index in [0.717, 1.165) is 17.3 Å². The minimum absolute atomic E-state index is 0.276. The molecule has 14 heavy (non-hydrogen) atoms. The minimum atomic E-state index is 0.276. The van der Waals surface area contributed by atoms with Crippen LogP contribution < -0.4 is 4.74 Å². The third-order valence-corrected chi connectivity index (χ3v) is 2.70. The molecule has 1 aromatic heterocycles. The summed E-state index contributed by atoms with van der Waals surface area (Å²) in [4.78, 5) is 3.98. The summed E-state index contributed by atoms with van der Waals surface area (Å²) in [6.45, 7) is 0. The van der Waals surface area contributed by atoms with E-state index in [9.17, 15) is 0 Å². The van der Waals surface area contributed by atoms with Crippen LogP contribution in [0, 0.1) is 11.3 Å². The lowest BCUT2D eigenvalue weighted by Gasteiger charge is -2.26. The molecule has 72 valence electrons. The van der Waals surface area contributed by atoms with Crippen LogP contribution >= 0.6 is 15.9 Å². The van der Waals surface area contributed by atoms with E-state index in [-0.39, 0.29) is 6.10 Å². The fourth-order valence-corrected chi connectivity index (χ4v) is 1.57. The normalized spacial score (nSPS) is 15.7. The van der Waals surface area contributed by atoms with Gasteiger partial charge < -0.3 is 4.74 Å². The van der Waals surface area contributed by atoms with Crippen molar-refractivity contribution in [2.24, 2.45) is 0 Å². The summed E-state index contributed by atoms with van der Waals surface area (Å²) in [5.41, 5.74) is 0.361. The summed E-state index contributed by atoms with van der Waals surface area (Å²) >= 11 is 3.30. The maximum absolute atomic E-state index is 8.81. The van der Waals surface area contributed by atoms with Crippen LogP contribution in [0.1, 0.15) is 25.0 Å². The highest BCUT2D eigenvalue weighted by atomic mass is 79.9. The summed E-state index contributed by atoms with van der Waals surface area (Å²) in [7, 11) is 0. The van der Waals surface area contributed by atoms with Gasteiger partial charge in [0.25, 0.3) is 0 Å². The lowest BCUT2D eigenvalue weighted by atomic mass is 9.96. The first-order chi connectivity index (χ1) is 6.79. The Kier molecular flexibility index (Phi) is 2.69. The Bertz CT molecular complexity index is 382. The van der Waals surface area contributed by atoms with Crippen LogP contribution in [-0.4, -0.2) is 11.1 Å². The molecule has 1 saturated carbocycles. The van der Waals surface area contributed by atoms with Crippen molar-refractivity contribution in [3.8, 4) is 11.8 Å². The first kappa shape index (κ1) is 9.47. The molecule has 4 heteroatoms. The predicted octanol–water partition coefficient (Wildman–Crippen LogP) is 2.65. The first-order valence-electron chi connectivity index (χ1n) is 4.52. The topological polar surface area (TPSA) is 45.9 Å². The van der Waals surface area contributed by atoms with Gasteiger partial charge in [0.05, 0.1) is 6.10 Å². The van der Waals surface area contributed by atoms with Gasteiger partial charge in [-0.1, -0.05) is 0 Å². The SMILES string of the molecule is N#Cc1ncc(Br)cc1OC1CCC1.